The fraction of sp³-hybridized carbons (Fsp3) is 0.857. The van der Waals surface area contributed by atoms with Crippen LogP contribution in [0.3, 0.4) is 0 Å². The second kappa shape index (κ2) is 6.81. The molecule has 0 spiro atoms. The maximum Gasteiger partial charge on any atom is 0.240 e. The molecule has 0 aromatic rings. The second-order valence-corrected chi connectivity index (χ2v) is 6.24. The minimum atomic E-state index is 0.606. The van der Waals surface area contributed by atoms with Crippen molar-refractivity contribution in [1.82, 2.24) is 9.80 Å². The number of hydrogen-bond acceptors (Lipinski definition) is 6. The molecule has 0 fully saturated rings. The maximum atomic E-state index is 4.43. The average molecular weight is 278 g/mol. The van der Waals surface area contributed by atoms with E-state index >= 15 is 0 Å². The Bertz CT molecular complexity index is 372. The second-order valence-electron chi connectivity index (χ2n) is 6.24. The van der Waals surface area contributed by atoms with Gasteiger partial charge in [0.2, 0.25) is 11.9 Å². The first-order valence-electron chi connectivity index (χ1n) is 7.56. The van der Waals surface area contributed by atoms with Crippen molar-refractivity contribution in [3.63, 3.8) is 0 Å². The van der Waals surface area contributed by atoms with Crippen LogP contribution >= 0.6 is 0 Å². The van der Waals surface area contributed by atoms with Gasteiger partial charge in [0, 0.05) is 26.2 Å². The van der Waals surface area contributed by atoms with Crippen molar-refractivity contribution >= 4 is 11.9 Å². The summed E-state index contributed by atoms with van der Waals surface area (Å²) in [5.41, 5.74) is 0. The zero-order chi connectivity index (χ0) is 14.5. The summed E-state index contributed by atoms with van der Waals surface area (Å²) in [5.74, 6) is 2.74. The Morgan fingerprint density at radius 2 is 1.25 bits per heavy atom. The molecule has 2 aliphatic rings. The summed E-state index contributed by atoms with van der Waals surface area (Å²) in [7, 11) is 0. The third-order valence-corrected chi connectivity index (χ3v) is 3.21. The molecule has 0 saturated carbocycles. The van der Waals surface area contributed by atoms with E-state index in [1.165, 1.54) is 0 Å². The van der Waals surface area contributed by atoms with Gasteiger partial charge in [-0.2, -0.15) is 0 Å². The lowest BCUT2D eigenvalue weighted by molar-refractivity contribution is 0.385. The van der Waals surface area contributed by atoms with Gasteiger partial charge in [0.15, 0.2) is 0 Å². The van der Waals surface area contributed by atoms with Crippen molar-refractivity contribution in [2.45, 2.75) is 27.7 Å². The molecule has 2 aliphatic heterocycles. The van der Waals surface area contributed by atoms with Gasteiger partial charge in [0.25, 0.3) is 0 Å². The SMILES string of the molecule is CC(C)CN1CCN=C1N=NC1=NCCN1CC(C)C. The Balaban J connectivity index is 1.95. The number of hydrogen-bond donors (Lipinski definition) is 0. The van der Waals surface area contributed by atoms with Gasteiger partial charge in [-0.1, -0.05) is 27.7 Å². The third kappa shape index (κ3) is 4.02. The first-order valence-corrected chi connectivity index (χ1v) is 7.56. The minimum Gasteiger partial charge on any atom is -0.338 e. The molecular weight excluding hydrogens is 252 g/mol. The Kier molecular flexibility index (Phi) is 5.09. The number of aliphatic imine (C=N–C) groups is 2. The Morgan fingerprint density at radius 3 is 1.60 bits per heavy atom. The topological polar surface area (TPSA) is 55.9 Å². The molecule has 0 unspecified atom stereocenters. The van der Waals surface area contributed by atoms with Gasteiger partial charge in [-0.25, -0.2) is 9.98 Å². The van der Waals surface area contributed by atoms with Crippen LogP contribution in [-0.2, 0) is 0 Å². The monoisotopic (exact) mass is 278 g/mol. The third-order valence-electron chi connectivity index (χ3n) is 3.21. The van der Waals surface area contributed by atoms with Crippen LogP contribution in [0.1, 0.15) is 27.7 Å². The largest absolute Gasteiger partial charge is 0.338 e. The summed E-state index contributed by atoms with van der Waals surface area (Å²) < 4.78 is 0. The molecule has 6 heteroatoms. The summed E-state index contributed by atoms with van der Waals surface area (Å²) in [5, 5.41) is 8.65. The van der Waals surface area contributed by atoms with Crippen LogP contribution in [0.15, 0.2) is 20.2 Å². The van der Waals surface area contributed by atoms with Crippen LogP contribution in [0.5, 0.6) is 0 Å². The predicted octanol–water partition coefficient (Wildman–Crippen LogP) is 2.09. The van der Waals surface area contributed by atoms with Crippen LogP contribution in [0.2, 0.25) is 0 Å². The van der Waals surface area contributed by atoms with Crippen LogP contribution in [0, 0.1) is 11.8 Å². The summed E-state index contributed by atoms with van der Waals surface area (Å²) in [6.07, 6.45) is 0. The lowest BCUT2D eigenvalue weighted by atomic mass is 10.2. The van der Waals surface area contributed by atoms with Crippen LogP contribution < -0.4 is 0 Å². The first-order chi connectivity index (χ1) is 9.56. The van der Waals surface area contributed by atoms with Gasteiger partial charge in [0.1, 0.15) is 0 Å². The summed E-state index contributed by atoms with van der Waals surface area (Å²) >= 11 is 0. The quantitative estimate of drug-likeness (QED) is 0.739. The van der Waals surface area contributed by atoms with Gasteiger partial charge in [0.05, 0.1) is 13.1 Å². The van der Waals surface area contributed by atoms with E-state index in [-0.39, 0.29) is 0 Å². The van der Waals surface area contributed by atoms with Crippen molar-refractivity contribution in [3.05, 3.63) is 0 Å². The highest BCUT2D eigenvalue weighted by atomic mass is 15.4. The lowest BCUT2D eigenvalue weighted by Gasteiger charge is -2.20. The highest BCUT2D eigenvalue weighted by Gasteiger charge is 2.20. The molecule has 0 atom stereocenters. The molecule has 6 nitrogen and oxygen atoms in total. The van der Waals surface area contributed by atoms with E-state index in [2.05, 4.69) is 57.7 Å². The molecule has 0 saturated heterocycles. The Morgan fingerprint density at radius 1 is 0.850 bits per heavy atom. The minimum absolute atomic E-state index is 0.606. The number of azo groups is 1. The molecule has 0 amide bonds. The first kappa shape index (κ1) is 14.9. The van der Waals surface area contributed by atoms with Crippen LogP contribution in [-0.4, -0.2) is 61.0 Å². The molecule has 0 N–H and O–H groups in total. The molecule has 0 bridgehead atoms. The zero-order valence-electron chi connectivity index (χ0n) is 13.1. The average Bonchev–Trinajstić information content (AvgIpc) is 2.95. The van der Waals surface area contributed by atoms with Crippen LogP contribution in [0.25, 0.3) is 0 Å². The van der Waals surface area contributed by atoms with E-state index in [1.54, 1.807) is 0 Å². The van der Waals surface area contributed by atoms with Crippen molar-refractivity contribution in [2.75, 3.05) is 39.3 Å². The van der Waals surface area contributed by atoms with E-state index in [4.69, 9.17) is 0 Å². The molecule has 0 aromatic heterocycles. The summed E-state index contributed by atoms with van der Waals surface area (Å²) in [4.78, 5) is 13.3. The number of nitrogens with zero attached hydrogens (tertiary/aromatic N) is 6. The van der Waals surface area contributed by atoms with Crippen molar-refractivity contribution in [3.8, 4) is 0 Å². The number of guanidine groups is 2. The fourth-order valence-electron chi connectivity index (χ4n) is 2.45. The van der Waals surface area contributed by atoms with Crippen molar-refractivity contribution in [1.29, 1.82) is 0 Å². The van der Waals surface area contributed by atoms with E-state index in [0.717, 1.165) is 51.2 Å². The fourth-order valence-corrected chi connectivity index (χ4v) is 2.45. The number of rotatable bonds is 4. The van der Waals surface area contributed by atoms with Gasteiger partial charge < -0.3 is 9.80 Å². The standard InChI is InChI=1S/C14H26N6/c1-11(2)9-19-7-5-15-13(19)17-18-14-16-6-8-20(14)10-12(3)4/h11-12H,5-10H2,1-4H3. The molecule has 2 heterocycles. The van der Waals surface area contributed by atoms with Gasteiger partial charge in [-0.15, -0.1) is 10.2 Å². The summed E-state index contributed by atoms with van der Waals surface area (Å²) in [6, 6.07) is 0. The Hall–Kier alpha value is -1.46. The van der Waals surface area contributed by atoms with E-state index in [1.807, 2.05) is 0 Å². The highest BCUT2D eigenvalue weighted by molar-refractivity contribution is 5.86. The van der Waals surface area contributed by atoms with Gasteiger partial charge in [-0.05, 0) is 11.8 Å². The molecule has 20 heavy (non-hydrogen) atoms. The van der Waals surface area contributed by atoms with Gasteiger partial charge >= 0.3 is 0 Å². The molecule has 0 aromatic carbocycles. The van der Waals surface area contributed by atoms with E-state index < -0.39 is 0 Å². The molecule has 0 radical (unpaired) electrons. The van der Waals surface area contributed by atoms with Crippen molar-refractivity contribution < 1.29 is 0 Å². The molecule has 0 aliphatic carbocycles. The smallest absolute Gasteiger partial charge is 0.240 e. The van der Waals surface area contributed by atoms with E-state index in [0.29, 0.717) is 11.8 Å². The molecule has 112 valence electrons. The highest BCUT2D eigenvalue weighted by Crippen LogP contribution is 2.10. The van der Waals surface area contributed by atoms with Crippen molar-refractivity contribution in [2.24, 2.45) is 32.0 Å². The van der Waals surface area contributed by atoms with Crippen LogP contribution in [0.4, 0.5) is 0 Å². The maximum absolute atomic E-state index is 4.43. The zero-order valence-corrected chi connectivity index (χ0v) is 13.1. The van der Waals surface area contributed by atoms with Gasteiger partial charge in [-0.3, -0.25) is 0 Å². The molecule has 2 rings (SSSR count). The lowest BCUT2D eigenvalue weighted by Crippen LogP contribution is -2.32. The molecular formula is C14H26N6. The Labute approximate surface area is 121 Å². The summed E-state index contributed by atoms with van der Waals surface area (Å²) in [6.45, 7) is 14.4. The van der Waals surface area contributed by atoms with E-state index in [9.17, 15) is 0 Å². The normalized spacial score (nSPS) is 19.7. The predicted molar refractivity (Wildman–Crippen MR) is 82.3 cm³/mol.